The van der Waals surface area contributed by atoms with Crippen molar-refractivity contribution in [3.8, 4) is 0 Å². The fourth-order valence-electron chi connectivity index (χ4n) is 1.06. The molecular weight excluding hydrogens is 216 g/mol. The molecule has 1 atom stereocenters. The first kappa shape index (κ1) is 14.3. The molecule has 6 heteroatoms. The molecular formula is C10H14O6. The molecule has 90 valence electrons. The molecule has 0 saturated carbocycles. The maximum Gasteiger partial charge on any atom is 0.383 e. The third-order valence-corrected chi connectivity index (χ3v) is 1.93. The molecule has 0 aliphatic heterocycles. The van der Waals surface area contributed by atoms with E-state index in [4.69, 9.17) is 9.84 Å². The highest BCUT2D eigenvalue weighted by molar-refractivity contribution is 6.75. The largest absolute Gasteiger partial charge is 0.475 e. The average molecular weight is 230 g/mol. The molecule has 0 fully saturated rings. The van der Waals surface area contributed by atoms with Crippen LogP contribution in [0.25, 0.3) is 0 Å². The van der Waals surface area contributed by atoms with Crippen molar-refractivity contribution < 1.29 is 29.0 Å². The molecule has 0 bridgehead atoms. The van der Waals surface area contributed by atoms with Gasteiger partial charge >= 0.3 is 23.5 Å². The van der Waals surface area contributed by atoms with Crippen LogP contribution in [0.3, 0.4) is 0 Å². The lowest BCUT2D eigenvalue weighted by Crippen LogP contribution is -2.33. The highest BCUT2D eigenvalue weighted by Gasteiger charge is 2.31. The van der Waals surface area contributed by atoms with Gasteiger partial charge in [-0.2, -0.15) is 0 Å². The summed E-state index contributed by atoms with van der Waals surface area (Å²) in [4.78, 5) is 42.8. The maximum absolute atomic E-state index is 11.1. The van der Waals surface area contributed by atoms with Gasteiger partial charge in [0.25, 0.3) is 0 Å². The number of carboxylic acids is 1. The van der Waals surface area contributed by atoms with Gasteiger partial charge in [-0.15, -0.1) is 0 Å². The molecule has 0 spiro atoms. The lowest BCUT2D eigenvalue weighted by molar-refractivity contribution is -0.164. The lowest BCUT2D eigenvalue weighted by Gasteiger charge is -2.13. The van der Waals surface area contributed by atoms with Gasteiger partial charge in [-0.3, -0.25) is 9.59 Å². The number of carbonyl (C=O) groups is 4. The number of aliphatic carboxylic acids is 1. The second-order valence-corrected chi connectivity index (χ2v) is 3.19. The Hall–Kier alpha value is -1.72. The Morgan fingerprint density at radius 1 is 1.12 bits per heavy atom. The van der Waals surface area contributed by atoms with Crippen LogP contribution < -0.4 is 0 Å². The molecule has 1 unspecified atom stereocenters. The predicted molar refractivity (Wildman–Crippen MR) is 52.7 cm³/mol. The quantitative estimate of drug-likeness (QED) is 0.384. The summed E-state index contributed by atoms with van der Waals surface area (Å²) in [5.74, 6) is -6.75. The van der Waals surface area contributed by atoms with Crippen LogP contribution in [0.4, 0.5) is 0 Å². The first-order chi connectivity index (χ1) is 7.43. The van der Waals surface area contributed by atoms with E-state index in [2.05, 4.69) is 0 Å². The number of Topliss-reactive ketones (excluding diaryl/α,β-unsaturated/α-hetero) is 2. The number of ketones is 2. The summed E-state index contributed by atoms with van der Waals surface area (Å²) in [5, 5.41) is 8.22. The maximum atomic E-state index is 11.1. The van der Waals surface area contributed by atoms with Crippen molar-refractivity contribution in [3.63, 3.8) is 0 Å². The van der Waals surface area contributed by atoms with Crippen molar-refractivity contribution in [2.75, 3.05) is 0 Å². The Bertz CT molecular complexity index is 306. The van der Waals surface area contributed by atoms with Crippen LogP contribution in [0.5, 0.6) is 0 Å². The van der Waals surface area contributed by atoms with Gasteiger partial charge in [-0.25, -0.2) is 9.59 Å². The Kier molecular flexibility index (Phi) is 5.99. The minimum absolute atomic E-state index is 0.456. The Morgan fingerprint density at radius 2 is 1.69 bits per heavy atom. The zero-order valence-electron chi connectivity index (χ0n) is 9.19. The highest BCUT2D eigenvalue weighted by Crippen LogP contribution is 2.06. The summed E-state index contributed by atoms with van der Waals surface area (Å²) in [6.07, 6.45) is 1.38. The van der Waals surface area contributed by atoms with E-state index in [9.17, 15) is 19.2 Å². The molecule has 0 aromatic heterocycles. The van der Waals surface area contributed by atoms with Gasteiger partial charge in [0.2, 0.25) is 0 Å². The van der Waals surface area contributed by atoms with Crippen molar-refractivity contribution >= 4 is 23.5 Å². The molecule has 0 aliphatic rings. The zero-order chi connectivity index (χ0) is 12.7. The molecule has 0 radical (unpaired) electrons. The van der Waals surface area contributed by atoms with Crippen molar-refractivity contribution in [3.05, 3.63) is 0 Å². The van der Waals surface area contributed by atoms with Crippen LogP contribution in [-0.4, -0.2) is 34.7 Å². The Balaban J connectivity index is 4.40. The third-order valence-electron chi connectivity index (χ3n) is 1.93. The van der Waals surface area contributed by atoms with Gasteiger partial charge < -0.3 is 9.84 Å². The molecule has 6 nitrogen and oxygen atoms in total. The molecule has 0 aromatic rings. The molecule has 16 heavy (non-hydrogen) atoms. The molecule has 1 N–H and O–H groups in total. The van der Waals surface area contributed by atoms with Crippen molar-refractivity contribution in [1.82, 2.24) is 0 Å². The molecule has 0 amide bonds. The van der Waals surface area contributed by atoms with Crippen LogP contribution in [-0.2, 0) is 23.9 Å². The monoisotopic (exact) mass is 230 g/mol. The summed E-state index contributed by atoms with van der Waals surface area (Å²) >= 11 is 0. The standard InChI is InChI=1S/C10H14O6/c1-3-5-6(4-2)16-10(15)8(12)7(11)9(13)14/h6H,3-5H2,1-2H3,(H,13,14). The fourth-order valence-corrected chi connectivity index (χ4v) is 1.06. The van der Waals surface area contributed by atoms with E-state index in [0.29, 0.717) is 12.8 Å². The molecule has 0 heterocycles. The zero-order valence-corrected chi connectivity index (χ0v) is 9.19. The number of rotatable bonds is 7. The van der Waals surface area contributed by atoms with E-state index in [0.717, 1.165) is 6.42 Å². The highest BCUT2D eigenvalue weighted by atomic mass is 16.5. The summed E-state index contributed by atoms with van der Waals surface area (Å²) in [6.45, 7) is 3.64. The number of hydrogen-bond donors (Lipinski definition) is 1. The Labute approximate surface area is 92.6 Å². The normalized spacial score (nSPS) is 11.6. The summed E-state index contributed by atoms with van der Waals surface area (Å²) in [5.41, 5.74) is 0. The summed E-state index contributed by atoms with van der Waals surface area (Å²) in [6, 6.07) is 0. The smallest absolute Gasteiger partial charge is 0.383 e. The van der Waals surface area contributed by atoms with Crippen LogP contribution in [0.1, 0.15) is 33.1 Å². The van der Waals surface area contributed by atoms with Crippen LogP contribution in [0.15, 0.2) is 0 Å². The van der Waals surface area contributed by atoms with E-state index >= 15 is 0 Å². The predicted octanol–water partition coefficient (Wildman–Crippen LogP) is 0.331. The molecule has 0 saturated heterocycles. The fraction of sp³-hybridized carbons (Fsp3) is 0.600. The first-order valence-electron chi connectivity index (χ1n) is 4.96. The third kappa shape index (κ3) is 4.20. The molecule has 0 rings (SSSR count). The second kappa shape index (κ2) is 6.71. The molecule has 0 aromatic carbocycles. The minimum Gasteiger partial charge on any atom is -0.475 e. The summed E-state index contributed by atoms with van der Waals surface area (Å²) in [7, 11) is 0. The van der Waals surface area contributed by atoms with E-state index in [1.165, 1.54) is 0 Å². The second-order valence-electron chi connectivity index (χ2n) is 3.19. The van der Waals surface area contributed by atoms with E-state index in [1.807, 2.05) is 6.92 Å². The van der Waals surface area contributed by atoms with Gasteiger partial charge in [0, 0.05) is 0 Å². The van der Waals surface area contributed by atoms with Crippen molar-refractivity contribution in [2.24, 2.45) is 0 Å². The van der Waals surface area contributed by atoms with E-state index in [1.54, 1.807) is 6.92 Å². The Morgan fingerprint density at radius 3 is 2.06 bits per heavy atom. The topological polar surface area (TPSA) is 97.7 Å². The first-order valence-corrected chi connectivity index (χ1v) is 4.96. The van der Waals surface area contributed by atoms with Crippen LogP contribution in [0, 0.1) is 0 Å². The lowest BCUT2D eigenvalue weighted by atomic mass is 10.1. The SMILES string of the molecule is CCCC(CC)OC(=O)C(=O)C(=O)C(=O)O. The van der Waals surface area contributed by atoms with E-state index < -0.39 is 29.6 Å². The number of carbonyl (C=O) groups excluding carboxylic acids is 3. The van der Waals surface area contributed by atoms with Crippen LogP contribution >= 0.6 is 0 Å². The van der Waals surface area contributed by atoms with Gasteiger partial charge in [-0.05, 0) is 12.8 Å². The van der Waals surface area contributed by atoms with Crippen molar-refractivity contribution in [1.29, 1.82) is 0 Å². The van der Waals surface area contributed by atoms with Gasteiger partial charge in [0.15, 0.2) is 0 Å². The van der Waals surface area contributed by atoms with Gasteiger partial charge in [0.05, 0.1) is 0 Å². The van der Waals surface area contributed by atoms with Crippen LogP contribution in [0.2, 0.25) is 0 Å². The number of ether oxygens (including phenoxy) is 1. The number of hydrogen-bond acceptors (Lipinski definition) is 5. The number of esters is 1. The van der Waals surface area contributed by atoms with E-state index in [-0.39, 0.29) is 0 Å². The van der Waals surface area contributed by atoms with Gasteiger partial charge in [0.1, 0.15) is 6.10 Å². The number of carboxylic acid groups (broad SMARTS) is 1. The van der Waals surface area contributed by atoms with Gasteiger partial charge in [-0.1, -0.05) is 20.3 Å². The van der Waals surface area contributed by atoms with Crippen molar-refractivity contribution in [2.45, 2.75) is 39.2 Å². The minimum atomic E-state index is -1.95. The molecule has 0 aliphatic carbocycles. The average Bonchev–Trinajstić information content (AvgIpc) is 2.25. The summed E-state index contributed by atoms with van der Waals surface area (Å²) < 4.78 is 4.70.